The molecule has 0 spiro atoms. The number of nitrogens with one attached hydrogen (secondary N) is 1. The molecular formula is C23H29N6O8PS. The second-order valence-corrected chi connectivity index (χ2v) is 13.7. The van der Waals surface area contributed by atoms with Gasteiger partial charge < -0.3 is 34.7 Å². The first-order chi connectivity index (χ1) is 18.6. The number of nitrogens with zero attached hydrogens (tertiary/aromatic N) is 4. The number of esters is 1. The first-order valence-electron chi connectivity index (χ1n) is 12.1. The minimum atomic E-state index is -3.56. The fourth-order valence-corrected chi connectivity index (χ4v) is 8.24. The van der Waals surface area contributed by atoms with E-state index in [1.54, 1.807) is 0 Å². The molecule has 3 unspecified atom stereocenters. The van der Waals surface area contributed by atoms with E-state index in [2.05, 4.69) is 20.0 Å². The van der Waals surface area contributed by atoms with E-state index in [4.69, 9.17) is 24.5 Å². The van der Waals surface area contributed by atoms with E-state index < -0.39 is 42.8 Å². The number of methoxy groups -OCH3 is 1. The zero-order valence-electron chi connectivity index (χ0n) is 21.2. The van der Waals surface area contributed by atoms with Crippen molar-refractivity contribution in [1.82, 2.24) is 24.6 Å². The highest BCUT2D eigenvalue weighted by Gasteiger charge is 2.54. The highest BCUT2D eigenvalue weighted by molar-refractivity contribution is 8.56. The first-order valence-corrected chi connectivity index (χ1v) is 15.3. The number of imidazole rings is 1. The summed E-state index contributed by atoms with van der Waals surface area (Å²) in [5.41, 5.74) is 5.33. The molecule has 0 amide bonds. The van der Waals surface area contributed by atoms with Crippen LogP contribution in [0.5, 0.6) is 5.88 Å². The molecule has 2 fully saturated rings. The fourth-order valence-electron chi connectivity index (χ4n) is 4.43. The van der Waals surface area contributed by atoms with Crippen LogP contribution in [0, 0.1) is 0 Å². The SMILES string of the molecule is COc1nc(N)nc2c1ncn2C1O[C@H](COP2(=O)NC(C(=O)OCc3ccccc3)CCS2)[C@@H](O)[C@@]1(C)O. The van der Waals surface area contributed by atoms with Crippen molar-refractivity contribution in [3.05, 3.63) is 42.2 Å². The Kier molecular flexibility index (Phi) is 7.84. The lowest BCUT2D eigenvalue weighted by atomic mass is 9.96. The van der Waals surface area contributed by atoms with Crippen LogP contribution in [0.25, 0.3) is 11.2 Å². The predicted molar refractivity (Wildman–Crippen MR) is 141 cm³/mol. The molecule has 39 heavy (non-hydrogen) atoms. The highest BCUT2D eigenvalue weighted by atomic mass is 32.7. The minimum Gasteiger partial charge on any atom is -0.479 e. The van der Waals surface area contributed by atoms with E-state index in [0.717, 1.165) is 16.9 Å². The van der Waals surface area contributed by atoms with Crippen LogP contribution < -0.4 is 15.6 Å². The van der Waals surface area contributed by atoms with Crippen molar-refractivity contribution in [3.8, 4) is 5.88 Å². The maximum atomic E-state index is 13.4. The molecule has 2 aliphatic rings. The average molecular weight is 581 g/mol. The van der Waals surface area contributed by atoms with Gasteiger partial charge in [0, 0.05) is 5.75 Å². The Morgan fingerprint density at radius 3 is 2.87 bits per heavy atom. The number of hydrogen-bond donors (Lipinski definition) is 4. The van der Waals surface area contributed by atoms with E-state index in [-0.39, 0.29) is 36.2 Å². The second kappa shape index (κ2) is 11.0. The summed E-state index contributed by atoms with van der Waals surface area (Å²) in [4.78, 5) is 25.0. The van der Waals surface area contributed by atoms with Gasteiger partial charge in [-0.1, -0.05) is 41.7 Å². The van der Waals surface area contributed by atoms with E-state index in [0.29, 0.717) is 12.2 Å². The summed E-state index contributed by atoms with van der Waals surface area (Å²) in [6.45, 7) is -2.39. The molecule has 0 radical (unpaired) electrons. The molecule has 4 heterocycles. The largest absolute Gasteiger partial charge is 0.479 e. The van der Waals surface area contributed by atoms with Crippen molar-refractivity contribution in [2.24, 2.45) is 0 Å². The van der Waals surface area contributed by atoms with Gasteiger partial charge in [0.25, 0.3) is 0 Å². The number of nitrogens with two attached hydrogens (primary N) is 1. The van der Waals surface area contributed by atoms with Crippen LogP contribution in [0.15, 0.2) is 36.7 Å². The molecule has 0 saturated carbocycles. The lowest BCUT2D eigenvalue weighted by Crippen LogP contribution is -2.44. The van der Waals surface area contributed by atoms with Gasteiger partial charge in [-0.05, 0) is 18.9 Å². The molecule has 16 heteroatoms. The standard InChI is InChI=1S/C23H29N6O8PS/c1-23(32)17(30)15(37-21(23)29-12-25-16-18(29)26-22(24)27-19(16)34-2)11-36-38(33)28-14(8-9-39-38)20(31)35-10-13-6-4-3-5-7-13/h3-7,12,14-15,17,21,30,32H,8-11H2,1-2H3,(H,28,33)(H2,24,26,27)/t14?,15-,17-,21?,23-,38?/m1/s1. The summed E-state index contributed by atoms with van der Waals surface area (Å²) in [7, 11) is 1.41. The molecule has 6 atom stereocenters. The van der Waals surface area contributed by atoms with Gasteiger partial charge in [-0.25, -0.2) is 10.1 Å². The number of anilines is 1. The van der Waals surface area contributed by atoms with Crippen LogP contribution in [0.1, 0.15) is 25.1 Å². The minimum absolute atomic E-state index is 0.0745. The zero-order valence-corrected chi connectivity index (χ0v) is 22.9. The summed E-state index contributed by atoms with van der Waals surface area (Å²) in [6, 6.07) is 8.42. The van der Waals surface area contributed by atoms with Gasteiger partial charge in [0.15, 0.2) is 17.4 Å². The molecule has 0 bridgehead atoms. The van der Waals surface area contributed by atoms with Gasteiger partial charge in [-0.2, -0.15) is 9.97 Å². The van der Waals surface area contributed by atoms with E-state index in [1.807, 2.05) is 30.3 Å². The number of rotatable bonds is 8. The number of aromatic nitrogens is 4. The highest BCUT2D eigenvalue weighted by Crippen LogP contribution is 2.59. The van der Waals surface area contributed by atoms with E-state index in [9.17, 15) is 19.6 Å². The average Bonchev–Trinajstić information content (AvgIpc) is 3.43. The zero-order chi connectivity index (χ0) is 27.8. The third-order valence-electron chi connectivity index (χ3n) is 6.51. The number of carbonyl (C=O) groups excluding carboxylic acids is 1. The summed E-state index contributed by atoms with van der Waals surface area (Å²) in [5.74, 6) is -0.0701. The van der Waals surface area contributed by atoms with Gasteiger partial charge in [-0.15, -0.1) is 0 Å². The quantitative estimate of drug-likeness (QED) is 0.220. The first kappa shape index (κ1) is 27.8. The van der Waals surface area contributed by atoms with Crippen molar-refractivity contribution in [2.45, 2.75) is 50.0 Å². The molecule has 1 aromatic carbocycles. The lowest BCUT2D eigenvalue weighted by molar-refractivity contribution is -0.147. The molecule has 14 nitrogen and oxygen atoms in total. The number of nitrogen functional groups attached to an aromatic ring is 1. The third kappa shape index (κ3) is 5.61. The smallest absolute Gasteiger partial charge is 0.327 e. The molecular weight excluding hydrogens is 551 g/mol. The van der Waals surface area contributed by atoms with Gasteiger partial charge >= 0.3 is 12.7 Å². The molecule has 0 aliphatic carbocycles. The van der Waals surface area contributed by atoms with Crippen LogP contribution in [-0.4, -0.2) is 79.0 Å². The predicted octanol–water partition coefficient (Wildman–Crippen LogP) is 1.39. The van der Waals surface area contributed by atoms with Crippen LogP contribution in [-0.2, 0) is 30.0 Å². The van der Waals surface area contributed by atoms with Gasteiger partial charge in [0.2, 0.25) is 11.8 Å². The molecule has 5 rings (SSSR count). The molecule has 2 aromatic heterocycles. The monoisotopic (exact) mass is 580 g/mol. The van der Waals surface area contributed by atoms with Crippen LogP contribution >= 0.6 is 18.1 Å². The maximum absolute atomic E-state index is 13.4. The van der Waals surface area contributed by atoms with Crippen LogP contribution in [0.2, 0.25) is 0 Å². The summed E-state index contributed by atoms with van der Waals surface area (Å²) in [6.07, 6.45) is -1.86. The second-order valence-electron chi connectivity index (χ2n) is 9.30. The van der Waals surface area contributed by atoms with Crippen molar-refractivity contribution in [3.63, 3.8) is 0 Å². The van der Waals surface area contributed by atoms with Crippen molar-refractivity contribution in [2.75, 3.05) is 25.2 Å². The fraction of sp³-hybridized carbons (Fsp3) is 0.478. The molecule has 2 aliphatic heterocycles. The number of carbonyl (C=O) groups is 1. The molecule has 210 valence electrons. The number of hydrogen-bond acceptors (Lipinski definition) is 13. The molecule has 2 saturated heterocycles. The Morgan fingerprint density at radius 2 is 2.13 bits per heavy atom. The van der Waals surface area contributed by atoms with Crippen molar-refractivity contribution < 1.29 is 38.3 Å². The topological polar surface area (TPSA) is 193 Å². The third-order valence-corrected chi connectivity index (χ3v) is 10.6. The molecule has 5 N–H and O–H groups in total. The van der Waals surface area contributed by atoms with Gasteiger partial charge in [-0.3, -0.25) is 13.9 Å². The Balaban J connectivity index is 1.24. The number of aliphatic hydroxyl groups excluding tert-OH is 1. The number of fused-ring (bicyclic) bond motifs is 1. The normalized spacial score (nSPS) is 30.9. The summed E-state index contributed by atoms with van der Waals surface area (Å²) >= 11 is 1.05. The summed E-state index contributed by atoms with van der Waals surface area (Å²) in [5, 5.41) is 24.8. The lowest BCUT2D eigenvalue weighted by Gasteiger charge is -2.29. The van der Waals surface area contributed by atoms with Crippen LogP contribution in [0.3, 0.4) is 0 Å². The summed E-state index contributed by atoms with van der Waals surface area (Å²) < 4.78 is 37.0. The number of aliphatic hydroxyl groups is 2. The Labute approximate surface area is 227 Å². The number of ether oxygens (including phenoxy) is 3. The van der Waals surface area contributed by atoms with Gasteiger partial charge in [0.05, 0.1) is 20.0 Å². The van der Waals surface area contributed by atoms with Crippen LogP contribution in [0.4, 0.5) is 5.95 Å². The van der Waals surface area contributed by atoms with E-state index in [1.165, 1.54) is 24.9 Å². The Morgan fingerprint density at radius 1 is 1.36 bits per heavy atom. The van der Waals surface area contributed by atoms with Crippen molar-refractivity contribution >= 4 is 41.2 Å². The van der Waals surface area contributed by atoms with Crippen molar-refractivity contribution in [1.29, 1.82) is 0 Å². The Bertz CT molecular complexity index is 1390. The number of benzene rings is 1. The van der Waals surface area contributed by atoms with Gasteiger partial charge in [0.1, 0.15) is 30.5 Å². The van der Waals surface area contributed by atoms with E-state index >= 15 is 0 Å². The Hall–Kier alpha value is -2.78. The molecule has 3 aromatic rings. The maximum Gasteiger partial charge on any atom is 0.327 e.